The fourth-order valence-electron chi connectivity index (χ4n) is 1.07. The van der Waals surface area contributed by atoms with Crippen molar-refractivity contribution in [3.05, 3.63) is 41.5 Å². The second-order valence-electron chi connectivity index (χ2n) is 3.14. The Kier molecular flexibility index (Phi) is 3.77. The first-order valence-electron chi connectivity index (χ1n) is 4.24. The summed E-state index contributed by atoms with van der Waals surface area (Å²) in [5, 5.41) is -4.60. The first kappa shape index (κ1) is 14.6. The minimum atomic E-state index is -5.69. The highest BCUT2D eigenvalue weighted by atomic mass is 32.2. The molecule has 9 heteroatoms. The number of hydrogen-bond donors (Lipinski definition) is 1. The lowest BCUT2D eigenvalue weighted by atomic mass is 10.1. The van der Waals surface area contributed by atoms with Gasteiger partial charge in [-0.3, -0.25) is 4.55 Å². The van der Waals surface area contributed by atoms with Crippen LogP contribution < -0.4 is 0 Å². The lowest BCUT2D eigenvalue weighted by molar-refractivity contribution is 0.0790. The van der Waals surface area contributed by atoms with Crippen LogP contribution in [0.1, 0.15) is 11.1 Å². The Morgan fingerprint density at radius 3 is 1.83 bits per heavy atom. The van der Waals surface area contributed by atoms with Gasteiger partial charge in [-0.1, -0.05) is 24.3 Å². The number of halogens is 5. The number of benzene rings is 1. The summed E-state index contributed by atoms with van der Waals surface area (Å²) in [4.78, 5) is 0. The second-order valence-corrected chi connectivity index (χ2v) is 4.61. The molecule has 0 atom stereocenters. The predicted molar refractivity (Wildman–Crippen MR) is 52.1 cm³/mol. The third-order valence-corrected chi connectivity index (χ3v) is 2.85. The minimum Gasteiger partial charge on any atom is -0.281 e. The Morgan fingerprint density at radius 2 is 1.50 bits per heavy atom. The topological polar surface area (TPSA) is 54.4 Å². The molecule has 1 aromatic rings. The Balaban J connectivity index is 3.24. The monoisotopic (exact) mass is 288 g/mol. The van der Waals surface area contributed by atoms with Crippen molar-refractivity contribution in [1.82, 2.24) is 0 Å². The molecule has 0 spiro atoms. The van der Waals surface area contributed by atoms with Crippen LogP contribution in [-0.2, 0) is 15.4 Å². The quantitative estimate of drug-likeness (QED) is 0.686. The van der Waals surface area contributed by atoms with E-state index < -0.39 is 38.4 Å². The van der Waals surface area contributed by atoms with Gasteiger partial charge in [-0.15, -0.1) is 0 Å². The van der Waals surface area contributed by atoms with Crippen molar-refractivity contribution in [1.29, 1.82) is 0 Å². The maximum atomic E-state index is 13.1. The minimum absolute atomic E-state index is 0.422. The van der Waals surface area contributed by atoms with Crippen LogP contribution in [0.3, 0.4) is 0 Å². The smallest absolute Gasteiger partial charge is 0.281 e. The molecule has 0 amide bonds. The van der Waals surface area contributed by atoms with Crippen molar-refractivity contribution >= 4 is 15.9 Å². The van der Waals surface area contributed by atoms with Crippen molar-refractivity contribution in [2.75, 3.05) is 0 Å². The number of alkyl halides is 2. The average Bonchev–Trinajstić information content (AvgIpc) is 2.26. The van der Waals surface area contributed by atoms with Crippen LogP contribution in [0.25, 0.3) is 5.83 Å². The molecule has 0 bridgehead atoms. The van der Waals surface area contributed by atoms with Crippen molar-refractivity contribution < 1.29 is 34.9 Å². The third kappa shape index (κ3) is 2.67. The summed E-state index contributed by atoms with van der Waals surface area (Å²) in [6, 6.07) is 1.93. The van der Waals surface area contributed by atoms with E-state index in [1.54, 1.807) is 0 Å². The van der Waals surface area contributed by atoms with Crippen LogP contribution in [0.4, 0.5) is 22.0 Å². The molecular weight excluding hydrogens is 283 g/mol. The van der Waals surface area contributed by atoms with Crippen molar-refractivity contribution in [2.24, 2.45) is 0 Å². The third-order valence-electron chi connectivity index (χ3n) is 1.96. The summed E-state index contributed by atoms with van der Waals surface area (Å²) >= 11 is 0. The Bertz CT molecular complexity index is 573. The molecular formula is C9H5F5O3S. The van der Waals surface area contributed by atoms with Crippen LogP contribution in [0.15, 0.2) is 30.3 Å². The molecule has 0 unspecified atom stereocenters. The van der Waals surface area contributed by atoms with Crippen LogP contribution in [-0.4, -0.2) is 13.0 Å². The van der Waals surface area contributed by atoms with Gasteiger partial charge in [0, 0.05) is 11.1 Å². The maximum absolute atomic E-state index is 13.1. The van der Waals surface area contributed by atoms with E-state index in [0.29, 0.717) is 24.3 Å². The molecule has 100 valence electrons. The summed E-state index contributed by atoms with van der Waals surface area (Å²) in [5.74, 6) is -1.91. The van der Waals surface area contributed by atoms with Gasteiger partial charge in [0.05, 0.1) is 0 Å². The van der Waals surface area contributed by atoms with Crippen molar-refractivity contribution in [2.45, 2.75) is 5.25 Å². The molecule has 0 aliphatic heterocycles. The molecule has 0 saturated carbocycles. The fourth-order valence-corrected chi connectivity index (χ4v) is 1.50. The summed E-state index contributed by atoms with van der Waals surface area (Å²) in [6.07, 6.45) is -2.63. The van der Waals surface area contributed by atoms with Gasteiger partial charge in [-0.2, -0.15) is 26.0 Å². The van der Waals surface area contributed by atoms with Crippen LogP contribution in [0.2, 0.25) is 0 Å². The lowest BCUT2D eigenvalue weighted by Gasteiger charge is -2.13. The van der Waals surface area contributed by atoms with Gasteiger partial charge in [-0.05, 0) is 0 Å². The zero-order valence-electron chi connectivity index (χ0n) is 8.37. The molecule has 3 nitrogen and oxygen atoms in total. The number of rotatable bonds is 3. The van der Waals surface area contributed by atoms with E-state index in [1.807, 2.05) is 0 Å². The van der Waals surface area contributed by atoms with E-state index in [-0.39, 0.29) is 0 Å². The zero-order chi connectivity index (χ0) is 14.1. The highest BCUT2D eigenvalue weighted by Gasteiger charge is 2.45. The van der Waals surface area contributed by atoms with Gasteiger partial charge in [0.15, 0.2) is 5.83 Å². The molecule has 0 aliphatic carbocycles. The molecule has 1 rings (SSSR count). The Morgan fingerprint density at radius 1 is 1.06 bits per heavy atom. The van der Waals surface area contributed by atoms with Gasteiger partial charge in [-0.25, -0.2) is 4.39 Å². The van der Waals surface area contributed by atoms with Crippen LogP contribution in [0.5, 0.6) is 0 Å². The normalized spacial score (nSPS) is 12.3. The maximum Gasteiger partial charge on any atom is 0.395 e. The summed E-state index contributed by atoms with van der Waals surface area (Å²) in [5.41, 5.74) is -1.86. The molecule has 1 N–H and O–H groups in total. The second kappa shape index (κ2) is 4.65. The van der Waals surface area contributed by atoms with Crippen molar-refractivity contribution in [3.8, 4) is 0 Å². The Labute approximate surface area is 98.3 Å². The van der Waals surface area contributed by atoms with E-state index in [1.165, 1.54) is 0 Å². The molecule has 0 heterocycles. The lowest BCUT2D eigenvalue weighted by Crippen LogP contribution is -2.25. The fraction of sp³-hybridized carbons (Fsp3) is 0.111. The predicted octanol–water partition coefficient (Wildman–Crippen LogP) is 3.16. The SMILES string of the molecule is O=S(=O)(O)C(F)(F)c1ccc(C(F)=C(F)F)cc1. The van der Waals surface area contributed by atoms with E-state index in [4.69, 9.17) is 4.55 Å². The highest BCUT2D eigenvalue weighted by Crippen LogP contribution is 2.34. The molecule has 1 aromatic carbocycles. The molecule has 0 aromatic heterocycles. The molecule has 0 radical (unpaired) electrons. The van der Waals surface area contributed by atoms with E-state index >= 15 is 0 Å². The van der Waals surface area contributed by atoms with Crippen LogP contribution in [0, 0.1) is 0 Å². The van der Waals surface area contributed by atoms with Gasteiger partial charge < -0.3 is 0 Å². The standard InChI is InChI=1S/C9H5F5O3S/c10-7(8(11)12)5-1-3-6(4-2-5)9(13,14)18(15,16)17/h1-4H,(H,15,16,17). The van der Waals surface area contributed by atoms with E-state index in [2.05, 4.69) is 0 Å². The van der Waals surface area contributed by atoms with Gasteiger partial charge in [0.1, 0.15) is 0 Å². The highest BCUT2D eigenvalue weighted by molar-refractivity contribution is 7.86. The molecule has 18 heavy (non-hydrogen) atoms. The summed E-state index contributed by atoms with van der Waals surface area (Å²) in [7, 11) is -5.69. The largest absolute Gasteiger partial charge is 0.395 e. The number of hydrogen-bond acceptors (Lipinski definition) is 2. The Hall–Kier alpha value is -1.48. The summed E-state index contributed by atoms with van der Waals surface area (Å²) in [6.45, 7) is 0. The molecule has 0 saturated heterocycles. The zero-order valence-corrected chi connectivity index (χ0v) is 9.19. The first-order valence-corrected chi connectivity index (χ1v) is 5.68. The van der Waals surface area contributed by atoms with Gasteiger partial charge in [0.25, 0.3) is 0 Å². The van der Waals surface area contributed by atoms with Gasteiger partial charge >= 0.3 is 21.5 Å². The van der Waals surface area contributed by atoms with Gasteiger partial charge in [0.2, 0.25) is 0 Å². The summed E-state index contributed by atoms with van der Waals surface area (Å²) < 4.78 is 91.6. The molecule has 0 fully saturated rings. The van der Waals surface area contributed by atoms with Crippen molar-refractivity contribution in [3.63, 3.8) is 0 Å². The van der Waals surface area contributed by atoms with Crippen LogP contribution >= 0.6 is 0 Å². The van der Waals surface area contributed by atoms with E-state index in [9.17, 15) is 30.4 Å². The van der Waals surface area contributed by atoms with E-state index in [0.717, 1.165) is 0 Å². The molecule has 0 aliphatic rings. The average molecular weight is 288 g/mol. The first-order chi connectivity index (χ1) is 8.07.